The third-order valence-electron chi connectivity index (χ3n) is 3.51. The monoisotopic (exact) mass is 233 g/mol. The molecule has 3 N–H and O–H groups in total. The minimum Gasteiger partial charge on any atom is -0.326 e. The van der Waals surface area contributed by atoms with Gasteiger partial charge in [0.25, 0.3) is 0 Å². The van der Waals surface area contributed by atoms with Crippen LogP contribution in [0.4, 0.5) is 0 Å². The van der Waals surface area contributed by atoms with Crippen LogP contribution in [0.2, 0.25) is 0 Å². The van der Waals surface area contributed by atoms with E-state index < -0.39 is 0 Å². The first kappa shape index (κ1) is 12.6. The number of nitrogens with one attached hydrogen (secondary N) is 1. The van der Waals surface area contributed by atoms with Gasteiger partial charge in [-0.1, -0.05) is 24.3 Å². The van der Waals surface area contributed by atoms with E-state index in [0.29, 0.717) is 6.54 Å². The fourth-order valence-corrected chi connectivity index (χ4v) is 2.41. The Hall–Kier alpha value is -0.900. The van der Waals surface area contributed by atoms with Gasteiger partial charge in [0.1, 0.15) is 0 Å². The van der Waals surface area contributed by atoms with E-state index in [0.717, 1.165) is 19.0 Å². The molecule has 1 unspecified atom stereocenters. The summed E-state index contributed by atoms with van der Waals surface area (Å²) >= 11 is 0. The van der Waals surface area contributed by atoms with Gasteiger partial charge in [0.2, 0.25) is 0 Å². The van der Waals surface area contributed by atoms with Gasteiger partial charge in [-0.25, -0.2) is 0 Å². The molecule has 3 heteroatoms. The van der Waals surface area contributed by atoms with E-state index in [2.05, 4.69) is 41.5 Å². The molecule has 0 amide bonds. The number of rotatable bonds is 5. The highest BCUT2D eigenvalue weighted by atomic mass is 15.1. The van der Waals surface area contributed by atoms with Gasteiger partial charge >= 0.3 is 0 Å². The molecule has 3 nitrogen and oxygen atoms in total. The highest BCUT2D eigenvalue weighted by Gasteiger charge is 2.18. The van der Waals surface area contributed by atoms with Crippen LogP contribution in [-0.2, 0) is 13.1 Å². The quantitative estimate of drug-likeness (QED) is 0.802. The first-order valence-corrected chi connectivity index (χ1v) is 6.45. The summed E-state index contributed by atoms with van der Waals surface area (Å²) in [7, 11) is 2.20. The van der Waals surface area contributed by atoms with Crippen LogP contribution in [0.15, 0.2) is 24.3 Å². The fraction of sp³-hybridized carbons (Fsp3) is 0.571. The van der Waals surface area contributed by atoms with E-state index >= 15 is 0 Å². The van der Waals surface area contributed by atoms with Gasteiger partial charge in [0.15, 0.2) is 0 Å². The maximum Gasteiger partial charge on any atom is 0.0205 e. The SMILES string of the molecule is CN1CCC(CNCc2ccc(CN)cc2)C1. The molecular weight excluding hydrogens is 210 g/mol. The van der Waals surface area contributed by atoms with Crippen molar-refractivity contribution in [1.29, 1.82) is 0 Å². The van der Waals surface area contributed by atoms with Crippen molar-refractivity contribution in [2.45, 2.75) is 19.5 Å². The molecule has 2 rings (SSSR count). The van der Waals surface area contributed by atoms with Gasteiger partial charge in [-0.2, -0.15) is 0 Å². The van der Waals surface area contributed by atoms with Gasteiger partial charge < -0.3 is 16.0 Å². The minimum absolute atomic E-state index is 0.627. The normalized spacial score (nSPS) is 20.9. The summed E-state index contributed by atoms with van der Waals surface area (Å²) in [5.41, 5.74) is 8.12. The molecule has 0 aromatic heterocycles. The summed E-state index contributed by atoms with van der Waals surface area (Å²) in [4.78, 5) is 2.41. The molecule has 0 radical (unpaired) electrons. The maximum absolute atomic E-state index is 5.58. The topological polar surface area (TPSA) is 41.3 Å². The number of likely N-dealkylation sites (tertiary alicyclic amines) is 1. The number of nitrogens with zero attached hydrogens (tertiary/aromatic N) is 1. The highest BCUT2D eigenvalue weighted by Crippen LogP contribution is 2.13. The van der Waals surface area contributed by atoms with Crippen LogP contribution in [0.5, 0.6) is 0 Å². The molecule has 17 heavy (non-hydrogen) atoms. The van der Waals surface area contributed by atoms with Crippen LogP contribution in [0.25, 0.3) is 0 Å². The lowest BCUT2D eigenvalue weighted by molar-refractivity contribution is 0.388. The lowest BCUT2D eigenvalue weighted by Crippen LogP contribution is -2.24. The Morgan fingerprint density at radius 2 is 2.00 bits per heavy atom. The maximum atomic E-state index is 5.58. The summed E-state index contributed by atoms with van der Waals surface area (Å²) in [6, 6.07) is 8.55. The van der Waals surface area contributed by atoms with Crippen LogP contribution >= 0.6 is 0 Å². The average molecular weight is 233 g/mol. The first-order chi connectivity index (χ1) is 8.28. The molecule has 1 fully saturated rings. The van der Waals surface area contributed by atoms with Crippen molar-refractivity contribution in [3.05, 3.63) is 35.4 Å². The third kappa shape index (κ3) is 3.80. The molecule has 1 aliphatic heterocycles. The zero-order chi connectivity index (χ0) is 12.1. The average Bonchev–Trinajstić information content (AvgIpc) is 2.76. The lowest BCUT2D eigenvalue weighted by Gasteiger charge is -2.11. The fourth-order valence-electron chi connectivity index (χ4n) is 2.41. The van der Waals surface area contributed by atoms with Gasteiger partial charge in [0.05, 0.1) is 0 Å². The van der Waals surface area contributed by atoms with Crippen molar-refractivity contribution in [2.75, 3.05) is 26.7 Å². The Balaban J connectivity index is 1.70. The third-order valence-corrected chi connectivity index (χ3v) is 3.51. The molecule has 1 atom stereocenters. The summed E-state index contributed by atoms with van der Waals surface area (Å²) < 4.78 is 0. The first-order valence-electron chi connectivity index (χ1n) is 6.45. The largest absolute Gasteiger partial charge is 0.326 e. The van der Waals surface area contributed by atoms with Crippen LogP contribution < -0.4 is 11.1 Å². The Kier molecular flexibility index (Phi) is 4.54. The second kappa shape index (κ2) is 6.15. The second-order valence-corrected chi connectivity index (χ2v) is 5.07. The number of hydrogen-bond donors (Lipinski definition) is 2. The highest BCUT2D eigenvalue weighted by molar-refractivity contribution is 5.22. The van der Waals surface area contributed by atoms with E-state index in [1.807, 2.05) is 0 Å². The van der Waals surface area contributed by atoms with Crippen molar-refractivity contribution < 1.29 is 0 Å². The Morgan fingerprint density at radius 3 is 2.59 bits per heavy atom. The predicted molar refractivity (Wildman–Crippen MR) is 71.6 cm³/mol. The van der Waals surface area contributed by atoms with Crippen LogP contribution in [-0.4, -0.2) is 31.6 Å². The van der Waals surface area contributed by atoms with E-state index in [1.54, 1.807) is 0 Å². The smallest absolute Gasteiger partial charge is 0.0205 e. The molecule has 1 heterocycles. The molecule has 94 valence electrons. The molecule has 0 bridgehead atoms. The van der Waals surface area contributed by atoms with Gasteiger partial charge in [-0.05, 0) is 43.6 Å². The van der Waals surface area contributed by atoms with Crippen molar-refractivity contribution in [3.63, 3.8) is 0 Å². The molecule has 1 aromatic carbocycles. The van der Waals surface area contributed by atoms with Crippen molar-refractivity contribution in [1.82, 2.24) is 10.2 Å². The summed E-state index contributed by atoms with van der Waals surface area (Å²) in [6.45, 7) is 5.20. The van der Waals surface area contributed by atoms with Crippen molar-refractivity contribution in [3.8, 4) is 0 Å². The zero-order valence-corrected chi connectivity index (χ0v) is 10.7. The van der Waals surface area contributed by atoms with Crippen LogP contribution in [0.3, 0.4) is 0 Å². The van der Waals surface area contributed by atoms with E-state index in [9.17, 15) is 0 Å². The number of nitrogens with two attached hydrogens (primary N) is 1. The van der Waals surface area contributed by atoms with E-state index in [-0.39, 0.29) is 0 Å². The molecule has 0 aliphatic carbocycles. The Bertz CT molecular complexity index is 334. The van der Waals surface area contributed by atoms with Crippen LogP contribution in [0.1, 0.15) is 17.5 Å². The van der Waals surface area contributed by atoms with Gasteiger partial charge in [-0.15, -0.1) is 0 Å². The predicted octanol–water partition coefficient (Wildman–Crippen LogP) is 1.19. The summed E-state index contributed by atoms with van der Waals surface area (Å²) in [5, 5.41) is 3.54. The zero-order valence-electron chi connectivity index (χ0n) is 10.7. The van der Waals surface area contributed by atoms with Crippen molar-refractivity contribution in [2.24, 2.45) is 11.7 Å². The lowest BCUT2D eigenvalue weighted by atomic mass is 10.1. The summed E-state index contributed by atoms with van der Waals surface area (Å²) in [5.74, 6) is 0.823. The molecular formula is C14H23N3. The Labute approximate surface area is 104 Å². The minimum atomic E-state index is 0.627. The van der Waals surface area contributed by atoms with Gasteiger partial charge in [-0.3, -0.25) is 0 Å². The molecule has 1 aliphatic rings. The summed E-state index contributed by atoms with van der Waals surface area (Å²) in [6.07, 6.45) is 1.33. The number of hydrogen-bond acceptors (Lipinski definition) is 3. The molecule has 1 aromatic rings. The van der Waals surface area contributed by atoms with Crippen LogP contribution in [0, 0.1) is 5.92 Å². The molecule has 1 saturated heterocycles. The molecule has 0 saturated carbocycles. The van der Waals surface area contributed by atoms with E-state index in [4.69, 9.17) is 5.73 Å². The second-order valence-electron chi connectivity index (χ2n) is 5.07. The van der Waals surface area contributed by atoms with E-state index in [1.165, 1.54) is 30.6 Å². The molecule has 0 spiro atoms. The van der Waals surface area contributed by atoms with Crippen molar-refractivity contribution >= 4 is 0 Å². The standard InChI is InChI=1S/C14H23N3/c1-17-7-6-14(11-17)10-16-9-13-4-2-12(8-15)3-5-13/h2-5,14,16H,6-11,15H2,1H3. The number of benzene rings is 1. The van der Waals surface area contributed by atoms with Gasteiger partial charge in [0, 0.05) is 19.6 Å². The Morgan fingerprint density at radius 1 is 1.29 bits per heavy atom.